The minimum atomic E-state index is -0.897. The molecule has 0 spiro atoms. The number of carbonyl (C=O) groups excluding carboxylic acids is 1. The van der Waals surface area contributed by atoms with Gasteiger partial charge in [0, 0.05) is 23.1 Å². The summed E-state index contributed by atoms with van der Waals surface area (Å²) in [5.74, 6) is -0.129. The number of primary amides is 1. The van der Waals surface area contributed by atoms with Crippen LogP contribution in [0.4, 0.5) is 9.18 Å². The number of nitrogens with zero attached hydrogens (tertiary/aromatic N) is 3. The second-order valence-electron chi connectivity index (χ2n) is 7.64. The minimum absolute atomic E-state index is 0.0578. The number of nitrogens with two attached hydrogens (primary N) is 1. The van der Waals surface area contributed by atoms with Crippen molar-refractivity contribution in [3.05, 3.63) is 41.3 Å². The molecule has 1 amide bonds. The normalized spacial score (nSPS) is 17.4. The fraction of sp³-hybridized carbons (Fsp3) is 0.273. The zero-order chi connectivity index (χ0) is 22.6. The largest absolute Gasteiger partial charge is 0.483 e. The number of carbonyl (C=O) groups is 1. The third-order valence-corrected chi connectivity index (χ3v) is 6.64. The first-order valence-electron chi connectivity index (χ1n) is 9.89. The SMILES string of the molecule is COc1cnc2c(-c3nc4cc(F)c5c(c4s3)[C@H](C)[C@@H](COC(N)=O)O5)cc(C)cc2n1. The highest BCUT2D eigenvalue weighted by molar-refractivity contribution is 7.22. The van der Waals surface area contributed by atoms with Gasteiger partial charge in [-0.2, -0.15) is 0 Å². The van der Waals surface area contributed by atoms with Gasteiger partial charge in [-0.05, 0) is 24.6 Å². The van der Waals surface area contributed by atoms with Gasteiger partial charge in [-0.25, -0.2) is 24.1 Å². The second kappa shape index (κ2) is 7.56. The van der Waals surface area contributed by atoms with Gasteiger partial charge in [0.1, 0.15) is 17.7 Å². The summed E-state index contributed by atoms with van der Waals surface area (Å²) >= 11 is 1.44. The van der Waals surface area contributed by atoms with Crippen LogP contribution >= 0.6 is 11.3 Å². The zero-order valence-corrected chi connectivity index (χ0v) is 18.3. The van der Waals surface area contributed by atoms with Crippen molar-refractivity contribution in [2.24, 2.45) is 5.73 Å². The molecule has 3 heterocycles. The number of hydrogen-bond acceptors (Lipinski definition) is 8. The molecule has 2 N–H and O–H groups in total. The predicted molar refractivity (Wildman–Crippen MR) is 118 cm³/mol. The minimum Gasteiger partial charge on any atom is -0.483 e. The molecule has 1 aliphatic heterocycles. The number of methoxy groups -OCH3 is 1. The Bertz CT molecular complexity index is 1390. The molecule has 1 aliphatic rings. The third kappa shape index (κ3) is 3.27. The summed E-state index contributed by atoms with van der Waals surface area (Å²) in [5, 5.41) is 0.699. The van der Waals surface area contributed by atoms with Crippen molar-refractivity contribution in [3.63, 3.8) is 0 Å². The van der Waals surface area contributed by atoms with E-state index in [1.807, 2.05) is 26.0 Å². The highest BCUT2D eigenvalue weighted by Gasteiger charge is 2.37. The van der Waals surface area contributed by atoms with E-state index in [0.717, 1.165) is 15.8 Å². The highest BCUT2D eigenvalue weighted by Crippen LogP contribution is 2.47. The molecule has 0 bridgehead atoms. The highest BCUT2D eigenvalue weighted by atomic mass is 32.1. The summed E-state index contributed by atoms with van der Waals surface area (Å²) in [6.45, 7) is 3.81. The molecule has 0 fully saturated rings. The van der Waals surface area contributed by atoms with Gasteiger partial charge < -0.3 is 19.9 Å². The Morgan fingerprint density at radius 3 is 2.84 bits per heavy atom. The quantitative estimate of drug-likeness (QED) is 0.489. The topological polar surface area (TPSA) is 109 Å². The summed E-state index contributed by atoms with van der Waals surface area (Å²) in [6, 6.07) is 5.28. The zero-order valence-electron chi connectivity index (χ0n) is 17.5. The van der Waals surface area contributed by atoms with Crippen LogP contribution in [0.3, 0.4) is 0 Å². The van der Waals surface area contributed by atoms with Gasteiger partial charge in [0.25, 0.3) is 0 Å². The molecule has 8 nitrogen and oxygen atoms in total. The molecule has 0 unspecified atom stereocenters. The molecule has 0 aliphatic carbocycles. The van der Waals surface area contributed by atoms with Crippen molar-refractivity contribution >= 4 is 38.7 Å². The van der Waals surface area contributed by atoms with Gasteiger partial charge in [0.2, 0.25) is 5.88 Å². The third-order valence-electron chi connectivity index (χ3n) is 5.50. The van der Waals surface area contributed by atoms with E-state index in [2.05, 4.69) is 9.97 Å². The van der Waals surface area contributed by atoms with Crippen molar-refractivity contribution < 1.29 is 23.4 Å². The standard InChI is InChI=1S/C22H19FN4O4S/c1-9-4-11(18-13(5-9)26-16(29-3)7-25-18)21-27-14-6-12(23)19-17(20(14)32-21)10(2)15(31-19)8-30-22(24)28/h4-7,10,15H,8H2,1-3H3,(H2,24,28)/t10-,15-/m1/s1. The van der Waals surface area contributed by atoms with Crippen LogP contribution in [-0.2, 0) is 4.74 Å². The fourth-order valence-electron chi connectivity index (χ4n) is 3.98. The summed E-state index contributed by atoms with van der Waals surface area (Å²) < 4.78 is 31.5. The first-order chi connectivity index (χ1) is 15.4. The molecular formula is C22H19FN4O4S. The van der Waals surface area contributed by atoms with Crippen molar-refractivity contribution in [3.8, 4) is 22.2 Å². The summed E-state index contributed by atoms with van der Waals surface area (Å²) in [7, 11) is 1.54. The molecule has 10 heteroatoms. The summed E-state index contributed by atoms with van der Waals surface area (Å²) in [4.78, 5) is 24.7. The maximum absolute atomic E-state index is 14.8. The van der Waals surface area contributed by atoms with E-state index >= 15 is 0 Å². The number of aromatic nitrogens is 3. The molecule has 32 heavy (non-hydrogen) atoms. The van der Waals surface area contributed by atoms with Crippen LogP contribution in [0.25, 0.3) is 31.8 Å². The second-order valence-corrected chi connectivity index (χ2v) is 8.64. The average molecular weight is 454 g/mol. The molecule has 2 aromatic heterocycles. The van der Waals surface area contributed by atoms with Gasteiger partial charge in [-0.15, -0.1) is 11.3 Å². The summed E-state index contributed by atoms with van der Waals surface area (Å²) in [5.41, 5.74) is 9.49. The van der Waals surface area contributed by atoms with Gasteiger partial charge in [-0.3, -0.25) is 0 Å². The lowest BCUT2D eigenvalue weighted by Gasteiger charge is -2.14. The van der Waals surface area contributed by atoms with Crippen molar-refractivity contribution in [2.45, 2.75) is 25.9 Å². The number of benzene rings is 2. The Morgan fingerprint density at radius 2 is 2.09 bits per heavy atom. The van der Waals surface area contributed by atoms with E-state index in [1.54, 1.807) is 13.3 Å². The Kier molecular flexibility index (Phi) is 4.81. The first-order valence-corrected chi connectivity index (χ1v) is 10.7. The lowest BCUT2D eigenvalue weighted by Crippen LogP contribution is -2.27. The smallest absolute Gasteiger partial charge is 0.404 e. The molecule has 2 aromatic carbocycles. The van der Waals surface area contributed by atoms with E-state index in [4.69, 9.17) is 24.9 Å². The number of rotatable bonds is 4. The number of ether oxygens (including phenoxy) is 3. The van der Waals surface area contributed by atoms with Crippen molar-refractivity contribution in [2.75, 3.05) is 13.7 Å². The van der Waals surface area contributed by atoms with Gasteiger partial charge >= 0.3 is 6.09 Å². The van der Waals surface area contributed by atoms with Crippen molar-refractivity contribution in [1.29, 1.82) is 0 Å². The molecule has 0 radical (unpaired) electrons. The van der Waals surface area contributed by atoms with Crippen molar-refractivity contribution in [1.82, 2.24) is 15.0 Å². The van der Waals surface area contributed by atoms with Gasteiger partial charge in [-0.1, -0.05) is 6.92 Å². The van der Waals surface area contributed by atoms with E-state index in [1.165, 1.54) is 17.4 Å². The lowest BCUT2D eigenvalue weighted by atomic mass is 9.97. The molecule has 5 rings (SSSR count). The molecule has 4 aromatic rings. The van der Waals surface area contributed by atoms with Crippen LogP contribution in [0.2, 0.25) is 0 Å². The summed E-state index contributed by atoms with van der Waals surface area (Å²) in [6.07, 6.45) is 0.137. The van der Waals surface area contributed by atoms with E-state index in [0.29, 0.717) is 33.0 Å². The van der Waals surface area contributed by atoms with Crippen LogP contribution in [0.1, 0.15) is 24.0 Å². The molecule has 164 valence electrons. The van der Waals surface area contributed by atoms with Crippen LogP contribution in [0.5, 0.6) is 11.6 Å². The number of thiazole rings is 1. The maximum atomic E-state index is 14.8. The van der Waals surface area contributed by atoms with Crippen LogP contribution in [-0.4, -0.2) is 40.9 Å². The van der Waals surface area contributed by atoms with Crippen LogP contribution < -0.4 is 15.2 Å². The van der Waals surface area contributed by atoms with E-state index < -0.39 is 18.0 Å². The van der Waals surface area contributed by atoms with Gasteiger partial charge in [0.05, 0.1) is 34.6 Å². The Labute approximate surface area is 186 Å². The molecular weight excluding hydrogens is 435 g/mol. The first kappa shape index (κ1) is 20.4. The molecule has 2 atom stereocenters. The molecule has 0 saturated heterocycles. The Morgan fingerprint density at radius 1 is 1.28 bits per heavy atom. The predicted octanol–water partition coefficient (Wildman–Crippen LogP) is 4.32. The maximum Gasteiger partial charge on any atom is 0.404 e. The number of aryl methyl sites for hydroxylation is 1. The van der Waals surface area contributed by atoms with Gasteiger partial charge in [0.15, 0.2) is 11.6 Å². The Hall–Kier alpha value is -3.53. The number of amides is 1. The van der Waals surface area contributed by atoms with E-state index in [-0.39, 0.29) is 18.3 Å². The number of hydrogen-bond donors (Lipinski definition) is 1. The fourth-order valence-corrected chi connectivity index (χ4v) is 5.18. The van der Waals surface area contributed by atoms with Crippen LogP contribution in [0, 0.1) is 12.7 Å². The Balaban J connectivity index is 1.64. The number of halogens is 1. The monoisotopic (exact) mass is 454 g/mol. The average Bonchev–Trinajstić information content (AvgIpc) is 3.32. The molecule has 0 saturated carbocycles. The van der Waals surface area contributed by atoms with E-state index in [9.17, 15) is 9.18 Å². The lowest BCUT2D eigenvalue weighted by molar-refractivity contribution is 0.0881. The number of fused-ring (bicyclic) bond motifs is 4. The van der Waals surface area contributed by atoms with Crippen LogP contribution in [0.15, 0.2) is 24.4 Å².